The molecule has 332 valence electrons. The van der Waals surface area contributed by atoms with Crippen LogP contribution in [0.3, 0.4) is 0 Å². The Balaban J connectivity index is 0.000000149. The maximum absolute atomic E-state index is 8.69. The lowest BCUT2D eigenvalue weighted by Gasteiger charge is -2.28. The van der Waals surface area contributed by atoms with Crippen molar-refractivity contribution in [1.82, 2.24) is 10.1 Å². The number of halogens is 1. The van der Waals surface area contributed by atoms with Crippen molar-refractivity contribution >= 4 is 46.1 Å². The molecule has 6 aromatic carbocycles. The van der Waals surface area contributed by atoms with Gasteiger partial charge in [0.1, 0.15) is 11.5 Å². The van der Waals surface area contributed by atoms with Crippen LogP contribution in [0, 0.1) is 17.9 Å². The summed E-state index contributed by atoms with van der Waals surface area (Å²) >= 11 is 3.53. The Morgan fingerprint density at radius 2 is 1.23 bits per heavy atom. The predicted octanol–water partition coefficient (Wildman–Crippen LogP) is 7.41. The molecule has 0 aliphatic carbocycles. The van der Waals surface area contributed by atoms with E-state index in [4.69, 9.17) is 57.5 Å². The standard InChI is InChI=1S/C25H22N4O2.C18H18BrN3O2.C7H6BNO2/c1-27-21-10-6-9-18(13-21)19-11-12-23-22(14-19)25(28-24(26)29(2)31-25)15-20(16-30-23)17-7-4-3-5-8-17;1-22-17(20)21-18(24-22)10-13(12-5-3-2-4-6-12)11-23-16-8-7-14(19)9-15(16)18;9-5-6-2-1-3-7(4-6)8(10)11/h3-14,20H,15-16H2,2H3,(H2,26,28);2-9,13H,10-11H2,1H3,(H2,20,21);1-4,10-11H. The number of hydroxylamine groups is 4. The number of rotatable bonds is 4. The normalized spacial score (nSPS) is 21.3. The average molecular weight is 946 g/mol. The van der Waals surface area contributed by atoms with Crippen LogP contribution in [0.1, 0.15) is 52.5 Å². The van der Waals surface area contributed by atoms with E-state index >= 15 is 0 Å². The summed E-state index contributed by atoms with van der Waals surface area (Å²) in [7, 11) is 2.04. The molecule has 0 bridgehead atoms. The molecule has 6 aromatic rings. The van der Waals surface area contributed by atoms with Gasteiger partial charge >= 0.3 is 7.12 Å². The van der Waals surface area contributed by atoms with E-state index < -0.39 is 18.6 Å². The van der Waals surface area contributed by atoms with Gasteiger partial charge in [-0.2, -0.15) is 5.26 Å². The van der Waals surface area contributed by atoms with Crippen LogP contribution < -0.4 is 26.4 Å². The zero-order valence-electron chi connectivity index (χ0n) is 36.2. The van der Waals surface area contributed by atoms with Gasteiger partial charge < -0.3 is 31.0 Å². The second-order valence-corrected chi connectivity index (χ2v) is 17.0. The van der Waals surface area contributed by atoms with E-state index in [-0.39, 0.29) is 11.8 Å². The molecule has 4 heterocycles. The summed E-state index contributed by atoms with van der Waals surface area (Å²) in [5.41, 5.74) is 17.7. The monoisotopic (exact) mass is 944 g/mol. The highest BCUT2D eigenvalue weighted by atomic mass is 79.9. The Morgan fingerprint density at radius 3 is 1.74 bits per heavy atom. The van der Waals surface area contributed by atoms with Crippen molar-refractivity contribution in [3.8, 4) is 28.7 Å². The fraction of sp³-hybridized carbons (Fsp3) is 0.200. The van der Waals surface area contributed by atoms with Crippen molar-refractivity contribution in [1.29, 1.82) is 5.26 Å². The second kappa shape index (κ2) is 19.5. The molecule has 6 N–H and O–H groups in total. The highest BCUT2D eigenvalue weighted by molar-refractivity contribution is 9.10. The Kier molecular flexibility index (Phi) is 13.4. The third-order valence-electron chi connectivity index (χ3n) is 11.7. The molecule has 10 rings (SSSR count). The topological polar surface area (TPSA) is 189 Å². The summed E-state index contributed by atoms with van der Waals surface area (Å²) in [5, 5.41) is 28.9. The number of hydrogen-bond donors (Lipinski definition) is 4. The van der Waals surface area contributed by atoms with Gasteiger partial charge in [0.15, 0.2) is 5.69 Å². The maximum Gasteiger partial charge on any atom is 0.488 e. The first-order valence-corrected chi connectivity index (χ1v) is 21.9. The first-order chi connectivity index (χ1) is 31.9. The van der Waals surface area contributed by atoms with Crippen LogP contribution in [0.15, 0.2) is 160 Å². The minimum atomic E-state index is -1.50. The molecule has 4 unspecified atom stereocenters. The van der Waals surface area contributed by atoms with Crippen molar-refractivity contribution in [2.45, 2.75) is 36.1 Å². The Labute approximate surface area is 392 Å². The summed E-state index contributed by atoms with van der Waals surface area (Å²) in [4.78, 5) is 25.4. The van der Waals surface area contributed by atoms with Gasteiger partial charge in [0.2, 0.25) is 23.4 Å². The number of fused-ring (bicyclic) bond motifs is 4. The maximum atomic E-state index is 8.69. The summed E-state index contributed by atoms with van der Waals surface area (Å²) in [6.07, 6.45) is 1.26. The highest BCUT2D eigenvalue weighted by Gasteiger charge is 2.48. The molecule has 4 aliphatic heterocycles. The molecular weight excluding hydrogens is 899 g/mol. The van der Waals surface area contributed by atoms with Crippen LogP contribution in [0.4, 0.5) is 5.69 Å². The smallest absolute Gasteiger partial charge is 0.488 e. The summed E-state index contributed by atoms with van der Waals surface area (Å²) in [6, 6.07) is 48.1. The summed E-state index contributed by atoms with van der Waals surface area (Å²) in [6.45, 7) is 8.40. The van der Waals surface area contributed by atoms with Gasteiger partial charge in [0.05, 0.1) is 42.5 Å². The fourth-order valence-electron chi connectivity index (χ4n) is 8.35. The quantitative estimate of drug-likeness (QED) is 0.102. The van der Waals surface area contributed by atoms with E-state index in [2.05, 4.69) is 50.0 Å². The van der Waals surface area contributed by atoms with Gasteiger partial charge in [-0.1, -0.05) is 113 Å². The lowest BCUT2D eigenvalue weighted by molar-refractivity contribution is -0.177. The summed E-state index contributed by atoms with van der Waals surface area (Å²) in [5.74, 6) is 2.46. The van der Waals surface area contributed by atoms with Crippen LogP contribution in [-0.2, 0) is 21.1 Å². The van der Waals surface area contributed by atoms with Crippen molar-refractivity contribution in [3.05, 3.63) is 189 Å². The highest BCUT2D eigenvalue weighted by Crippen LogP contribution is 2.50. The second-order valence-electron chi connectivity index (χ2n) is 16.1. The number of ether oxygens (including phenoxy) is 2. The van der Waals surface area contributed by atoms with E-state index in [0.717, 1.165) is 38.2 Å². The van der Waals surface area contributed by atoms with Gasteiger partial charge in [-0.15, -0.1) is 0 Å². The molecule has 4 aliphatic rings. The Bertz CT molecular complexity index is 2860. The molecule has 0 fully saturated rings. The molecule has 14 nitrogen and oxygen atoms in total. The van der Waals surface area contributed by atoms with Gasteiger partial charge in [-0.25, -0.2) is 34.6 Å². The number of hydrogen-bond acceptors (Lipinski definition) is 13. The largest absolute Gasteiger partial charge is 0.492 e. The zero-order chi connectivity index (χ0) is 46.4. The molecule has 16 heteroatoms. The number of aliphatic imine (C=N–C) groups is 2. The van der Waals surface area contributed by atoms with Gasteiger partial charge in [0, 0.05) is 43.2 Å². The van der Waals surface area contributed by atoms with Gasteiger partial charge in [-0.05, 0) is 76.2 Å². The van der Waals surface area contributed by atoms with Crippen LogP contribution in [0.2, 0.25) is 0 Å². The van der Waals surface area contributed by atoms with Crippen LogP contribution >= 0.6 is 15.9 Å². The molecule has 0 saturated carbocycles. The van der Waals surface area contributed by atoms with Crippen molar-refractivity contribution in [3.63, 3.8) is 0 Å². The SMILES string of the molecule is CN1OC2(CC(c3ccccc3)COc3ccc(Br)cc32)N=C1N.N#Cc1cccc(B(O)O)c1.[C-]#[N+]c1cccc(-c2ccc3c(c2)C2(CC(c4ccccc4)CO3)N=C(N)N(C)O2)c1. The minimum absolute atomic E-state index is 0.0885. The fourth-order valence-corrected chi connectivity index (χ4v) is 8.71. The number of nitrogens with two attached hydrogens (primary N) is 2. The Hall–Kier alpha value is -7.18. The average Bonchev–Trinajstić information content (AvgIpc) is 3.67. The molecule has 66 heavy (non-hydrogen) atoms. The number of guanidine groups is 2. The van der Waals surface area contributed by atoms with Gasteiger partial charge in [-0.3, -0.25) is 0 Å². The molecule has 2 spiro atoms. The van der Waals surface area contributed by atoms with E-state index in [9.17, 15) is 0 Å². The lowest BCUT2D eigenvalue weighted by atomic mass is 9.80. The lowest BCUT2D eigenvalue weighted by Crippen LogP contribution is -2.32. The Morgan fingerprint density at radius 1 is 0.697 bits per heavy atom. The van der Waals surface area contributed by atoms with Crippen molar-refractivity contribution in [2.75, 3.05) is 27.3 Å². The molecule has 4 atom stereocenters. The van der Waals surface area contributed by atoms with Crippen LogP contribution in [0.5, 0.6) is 11.5 Å². The van der Waals surface area contributed by atoms with Crippen molar-refractivity contribution < 1.29 is 29.2 Å². The van der Waals surface area contributed by atoms with Gasteiger partial charge in [0.25, 0.3) is 0 Å². The first-order valence-electron chi connectivity index (χ1n) is 21.1. The number of nitrogens with zero attached hydrogens (tertiary/aromatic N) is 6. The van der Waals surface area contributed by atoms with Crippen LogP contribution in [-0.4, -0.2) is 66.5 Å². The molecule has 0 radical (unpaired) electrons. The zero-order valence-corrected chi connectivity index (χ0v) is 37.7. The van der Waals surface area contributed by atoms with E-state index in [0.29, 0.717) is 54.7 Å². The van der Waals surface area contributed by atoms with Crippen LogP contribution in [0.25, 0.3) is 16.0 Å². The molecular formula is C50H46BBrN8O6. The molecule has 0 aromatic heterocycles. The predicted molar refractivity (Wildman–Crippen MR) is 256 cm³/mol. The van der Waals surface area contributed by atoms with E-state index in [1.807, 2.05) is 97.1 Å². The summed E-state index contributed by atoms with van der Waals surface area (Å²) < 4.78 is 13.3. The van der Waals surface area contributed by atoms with E-state index in [1.54, 1.807) is 38.4 Å². The van der Waals surface area contributed by atoms with Crippen molar-refractivity contribution in [2.24, 2.45) is 21.5 Å². The molecule has 0 amide bonds. The minimum Gasteiger partial charge on any atom is -0.492 e. The first kappa shape index (κ1) is 45.4. The number of nitriles is 1. The number of benzene rings is 6. The van der Waals surface area contributed by atoms with E-state index in [1.165, 1.54) is 27.3 Å². The third-order valence-corrected chi connectivity index (χ3v) is 12.2. The third kappa shape index (κ3) is 9.74. The molecule has 0 saturated heterocycles.